The second-order valence-electron chi connectivity index (χ2n) is 3.16. The molecule has 1 aromatic carbocycles. The molecule has 6 heteroatoms. The Hall–Kier alpha value is -0.970. The zero-order valence-electron chi connectivity index (χ0n) is 8.24. The quantitative estimate of drug-likeness (QED) is 0.630. The molecule has 16 heavy (non-hydrogen) atoms. The first-order valence-corrected chi connectivity index (χ1v) is 4.99. The van der Waals surface area contributed by atoms with E-state index in [-0.39, 0.29) is 23.7 Å². The minimum atomic E-state index is -4.48. The number of anilines is 1. The zero-order chi connectivity index (χ0) is 12.2. The van der Waals surface area contributed by atoms with Gasteiger partial charge in [-0.2, -0.15) is 13.2 Å². The van der Waals surface area contributed by atoms with Gasteiger partial charge in [-0.25, -0.2) is 0 Å². The summed E-state index contributed by atoms with van der Waals surface area (Å²) in [6.45, 7) is -0.220. The first kappa shape index (κ1) is 13.1. The van der Waals surface area contributed by atoms with Crippen molar-refractivity contribution in [3.8, 4) is 0 Å². The average Bonchev–Trinajstić information content (AvgIpc) is 2.19. The molecular weight excluding hydrogens is 246 g/mol. The molecule has 0 aliphatic carbocycles. The molecule has 0 bridgehead atoms. The predicted molar refractivity (Wildman–Crippen MR) is 55.5 cm³/mol. The molecule has 0 aromatic heterocycles. The van der Waals surface area contributed by atoms with Crippen LogP contribution in [-0.2, 0) is 6.18 Å². The average molecular weight is 256 g/mol. The van der Waals surface area contributed by atoms with E-state index in [2.05, 4.69) is 5.32 Å². The van der Waals surface area contributed by atoms with E-state index in [0.29, 0.717) is 0 Å². The van der Waals surface area contributed by atoms with Gasteiger partial charge in [-0.05, 0) is 24.6 Å². The van der Waals surface area contributed by atoms with E-state index in [0.717, 1.165) is 6.07 Å². The van der Waals surface area contributed by atoms with Gasteiger partial charge in [0.1, 0.15) is 0 Å². The second-order valence-corrected chi connectivity index (χ2v) is 3.57. The molecular formula is C10H10ClF4N. The van der Waals surface area contributed by atoms with Gasteiger partial charge in [-0.1, -0.05) is 11.6 Å². The van der Waals surface area contributed by atoms with E-state index in [1.165, 1.54) is 12.1 Å². The molecule has 0 unspecified atom stereocenters. The lowest BCUT2D eigenvalue weighted by Crippen LogP contribution is -2.08. The highest BCUT2D eigenvalue weighted by Gasteiger charge is 2.33. The maximum Gasteiger partial charge on any atom is 0.417 e. The lowest BCUT2D eigenvalue weighted by atomic mass is 10.2. The molecule has 0 heterocycles. The van der Waals surface area contributed by atoms with E-state index in [1.54, 1.807) is 0 Å². The highest BCUT2D eigenvalue weighted by molar-refractivity contribution is 6.31. The molecule has 0 saturated heterocycles. The number of benzene rings is 1. The van der Waals surface area contributed by atoms with E-state index in [1.807, 2.05) is 0 Å². The normalized spacial score (nSPS) is 11.6. The van der Waals surface area contributed by atoms with Crippen LogP contribution in [0.4, 0.5) is 23.2 Å². The maximum atomic E-state index is 12.4. The van der Waals surface area contributed by atoms with Crippen LogP contribution < -0.4 is 5.32 Å². The number of halogens is 5. The van der Waals surface area contributed by atoms with Crippen molar-refractivity contribution in [3.05, 3.63) is 28.8 Å². The molecule has 1 nitrogen and oxygen atoms in total. The Bertz CT molecular complexity index is 351. The van der Waals surface area contributed by atoms with Gasteiger partial charge in [0.05, 0.1) is 17.3 Å². The Balaban J connectivity index is 2.82. The first-order chi connectivity index (χ1) is 7.45. The van der Waals surface area contributed by atoms with Crippen molar-refractivity contribution in [3.63, 3.8) is 0 Å². The van der Waals surface area contributed by atoms with Crippen molar-refractivity contribution >= 4 is 17.3 Å². The van der Waals surface area contributed by atoms with Crippen LogP contribution >= 0.6 is 11.6 Å². The third kappa shape index (κ3) is 3.56. The number of nitrogens with one attached hydrogen (secondary N) is 1. The van der Waals surface area contributed by atoms with E-state index < -0.39 is 18.4 Å². The fourth-order valence-corrected chi connectivity index (χ4v) is 1.38. The van der Waals surface area contributed by atoms with Crippen LogP contribution in [0.15, 0.2) is 18.2 Å². The first-order valence-electron chi connectivity index (χ1n) is 4.61. The predicted octanol–water partition coefficient (Wildman–Crippen LogP) is 4.13. The minimum Gasteiger partial charge on any atom is -0.385 e. The van der Waals surface area contributed by atoms with Crippen LogP contribution in [0.1, 0.15) is 12.0 Å². The van der Waals surface area contributed by atoms with Crippen molar-refractivity contribution in [1.82, 2.24) is 0 Å². The number of rotatable bonds is 4. The lowest BCUT2D eigenvalue weighted by Gasteiger charge is -2.11. The molecule has 0 amide bonds. The molecule has 0 saturated carbocycles. The van der Waals surface area contributed by atoms with Gasteiger partial charge in [0.15, 0.2) is 0 Å². The van der Waals surface area contributed by atoms with Crippen LogP contribution in [0.3, 0.4) is 0 Å². The third-order valence-corrected chi connectivity index (χ3v) is 2.24. The summed E-state index contributed by atoms with van der Waals surface area (Å²) in [4.78, 5) is 0. The van der Waals surface area contributed by atoms with Crippen LogP contribution in [0.5, 0.6) is 0 Å². The van der Waals surface area contributed by atoms with E-state index in [4.69, 9.17) is 11.6 Å². The number of hydrogen-bond acceptors (Lipinski definition) is 1. The summed E-state index contributed by atoms with van der Waals surface area (Å²) in [7, 11) is 0. The SMILES string of the molecule is FCCCNc1ccc(Cl)c(C(F)(F)F)c1. The Morgan fingerprint density at radius 2 is 1.94 bits per heavy atom. The zero-order valence-corrected chi connectivity index (χ0v) is 9.00. The molecule has 1 aromatic rings. The number of hydrogen-bond donors (Lipinski definition) is 1. The van der Waals surface area contributed by atoms with Crippen LogP contribution in [-0.4, -0.2) is 13.2 Å². The number of alkyl halides is 4. The van der Waals surface area contributed by atoms with Gasteiger partial charge in [0, 0.05) is 12.2 Å². The Morgan fingerprint density at radius 3 is 2.50 bits per heavy atom. The summed E-state index contributed by atoms with van der Waals surface area (Å²) in [6, 6.07) is 3.51. The van der Waals surface area contributed by atoms with Gasteiger partial charge in [-0.3, -0.25) is 4.39 Å². The van der Waals surface area contributed by atoms with Crippen molar-refractivity contribution < 1.29 is 17.6 Å². The van der Waals surface area contributed by atoms with E-state index in [9.17, 15) is 17.6 Å². The highest BCUT2D eigenvalue weighted by atomic mass is 35.5. The van der Waals surface area contributed by atoms with Gasteiger partial charge < -0.3 is 5.32 Å². The topological polar surface area (TPSA) is 12.0 Å². The van der Waals surface area contributed by atoms with Crippen molar-refractivity contribution in [1.29, 1.82) is 0 Å². The minimum absolute atomic E-state index is 0.254. The van der Waals surface area contributed by atoms with Crippen LogP contribution in [0, 0.1) is 0 Å². The molecule has 90 valence electrons. The standard InChI is InChI=1S/C10H10ClF4N/c11-9-3-2-7(16-5-1-4-12)6-8(9)10(13,14)15/h2-3,6,16H,1,4-5H2. The lowest BCUT2D eigenvalue weighted by molar-refractivity contribution is -0.137. The molecule has 0 radical (unpaired) electrons. The fraction of sp³-hybridized carbons (Fsp3) is 0.400. The molecule has 0 fully saturated rings. The van der Waals surface area contributed by atoms with Crippen LogP contribution in [0.2, 0.25) is 5.02 Å². The van der Waals surface area contributed by atoms with Crippen molar-refractivity contribution in [2.45, 2.75) is 12.6 Å². The third-order valence-electron chi connectivity index (χ3n) is 1.91. The van der Waals surface area contributed by atoms with Gasteiger partial charge in [0.25, 0.3) is 0 Å². The van der Waals surface area contributed by atoms with E-state index >= 15 is 0 Å². The fourth-order valence-electron chi connectivity index (χ4n) is 1.15. The Morgan fingerprint density at radius 1 is 1.25 bits per heavy atom. The van der Waals surface area contributed by atoms with Gasteiger partial charge in [0.2, 0.25) is 0 Å². The largest absolute Gasteiger partial charge is 0.417 e. The Kier molecular flexibility index (Phi) is 4.41. The summed E-state index contributed by atoms with van der Waals surface area (Å²) in [5.74, 6) is 0. The van der Waals surface area contributed by atoms with Crippen molar-refractivity contribution in [2.75, 3.05) is 18.5 Å². The molecule has 1 rings (SSSR count). The smallest absolute Gasteiger partial charge is 0.385 e. The van der Waals surface area contributed by atoms with Crippen LogP contribution in [0.25, 0.3) is 0 Å². The maximum absolute atomic E-state index is 12.4. The molecule has 1 N–H and O–H groups in total. The summed E-state index contributed by atoms with van der Waals surface area (Å²) >= 11 is 5.43. The van der Waals surface area contributed by atoms with Gasteiger partial charge in [-0.15, -0.1) is 0 Å². The summed E-state index contributed by atoms with van der Waals surface area (Å²) in [5.41, 5.74) is -0.607. The molecule has 0 aliphatic rings. The van der Waals surface area contributed by atoms with Gasteiger partial charge >= 0.3 is 6.18 Å². The molecule has 0 spiro atoms. The highest BCUT2D eigenvalue weighted by Crippen LogP contribution is 2.36. The molecule has 0 atom stereocenters. The monoisotopic (exact) mass is 255 g/mol. The second kappa shape index (κ2) is 5.39. The summed E-state index contributed by atoms with van der Waals surface area (Å²) in [6.07, 6.45) is -4.22. The van der Waals surface area contributed by atoms with Crippen molar-refractivity contribution in [2.24, 2.45) is 0 Å². The Labute approximate surface area is 95.4 Å². The summed E-state index contributed by atoms with van der Waals surface area (Å²) < 4.78 is 49.1. The summed E-state index contributed by atoms with van der Waals surface area (Å²) in [5, 5.41) is 2.34. The molecule has 0 aliphatic heterocycles.